The third-order valence-electron chi connectivity index (χ3n) is 2.94. The van der Waals surface area contributed by atoms with Crippen LogP contribution in [0.5, 0.6) is 0 Å². The van der Waals surface area contributed by atoms with Gasteiger partial charge >= 0.3 is 0 Å². The normalized spacial score (nSPS) is 12.9. The summed E-state index contributed by atoms with van der Waals surface area (Å²) >= 11 is 3.48. The van der Waals surface area contributed by atoms with Gasteiger partial charge in [0.15, 0.2) is 0 Å². The second-order valence-electron chi connectivity index (χ2n) is 4.12. The molecule has 3 aromatic rings. The zero-order chi connectivity index (χ0) is 12.4. The first-order valence-electron chi connectivity index (χ1n) is 5.97. The fourth-order valence-corrected chi connectivity index (χ4v) is 3.57. The Morgan fingerprint density at radius 3 is 3.00 bits per heavy atom. The lowest BCUT2D eigenvalue weighted by Gasteiger charge is -2.17. The Morgan fingerprint density at radius 2 is 2.22 bits per heavy atom. The highest BCUT2D eigenvalue weighted by Crippen LogP contribution is 2.27. The summed E-state index contributed by atoms with van der Waals surface area (Å²) in [6.07, 6.45) is 1.99. The summed E-state index contributed by atoms with van der Waals surface area (Å²) in [5.41, 5.74) is 3.65. The highest BCUT2D eigenvalue weighted by atomic mass is 32.1. The molecular weight excluding hydrogens is 260 g/mol. The van der Waals surface area contributed by atoms with Crippen LogP contribution in [0.2, 0.25) is 0 Å². The number of hydrogen-bond donors (Lipinski definition) is 1. The molecule has 0 aliphatic heterocycles. The molecule has 92 valence electrons. The van der Waals surface area contributed by atoms with Gasteiger partial charge in [-0.2, -0.15) is 11.3 Å². The van der Waals surface area contributed by atoms with E-state index in [-0.39, 0.29) is 6.04 Å². The molecule has 0 bridgehead atoms. The monoisotopic (exact) mass is 274 g/mol. The molecule has 0 aromatic carbocycles. The number of nitrogens with one attached hydrogen (secondary N) is 1. The minimum absolute atomic E-state index is 0.250. The van der Waals surface area contributed by atoms with Gasteiger partial charge in [-0.15, -0.1) is 11.3 Å². The predicted octanol–water partition coefficient (Wildman–Crippen LogP) is 4.06. The van der Waals surface area contributed by atoms with Crippen LogP contribution in [-0.4, -0.2) is 11.5 Å². The van der Waals surface area contributed by atoms with Gasteiger partial charge in [-0.1, -0.05) is 6.92 Å². The molecule has 1 N–H and O–H groups in total. The van der Waals surface area contributed by atoms with E-state index in [1.165, 1.54) is 15.8 Å². The number of nitrogens with zero attached hydrogens (tertiary/aromatic N) is 1. The van der Waals surface area contributed by atoms with E-state index in [2.05, 4.69) is 51.6 Å². The number of aromatic nitrogens is 1. The van der Waals surface area contributed by atoms with Gasteiger partial charge in [-0.05, 0) is 52.0 Å². The largest absolute Gasteiger partial charge is 0.306 e. The summed E-state index contributed by atoms with van der Waals surface area (Å²) in [6.45, 7) is 3.08. The van der Waals surface area contributed by atoms with Crippen LogP contribution in [0, 0.1) is 0 Å². The topological polar surface area (TPSA) is 24.9 Å². The number of pyridine rings is 1. The van der Waals surface area contributed by atoms with Crippen LogP contribution in [0.1, 0.15) is 24.1 Å². The molecule has 4 heteroatoms. The molecule has 3 heterocycles. The molecule has 0 aliphatic carbocycles. The lowest BCUT2D eigenvalue weighted by molar-refractivity contribution is 0.631. The van der Waals surface area contributed by atoms with Crippen LogP contribution < -0.4 is 5.32 Å². The second-order valence-corrected chi connectivity index (χ2v) is 5.85. The number of thiophene rings is 2. The summed E-state index contributed by atoms with van der Waals surface area (Å²) in [6, 6.07) is 6.74. The lowest BCUT2D eigenvalue weighted by atomic mass is 10.0. The summed E-state index contributed by atoms with van der Waals surface area (Å²) in [4.78, 5) is 4.53. The van der Waals surface area contributed by atoms with Gasteiger partial charge in [0.1, 0.15) is 0 Å². The van der Waals surface area contributed by atoms with Gasteiger partial charge in [0.25, 0.3) is 0 Å². The maximum absolute atomic E-state index is 4.53. The van der Waals surface area contributed by atoms with Crippen molar-refractivity contribution in [2.24, 2.45) is 0 Å². The van der Waals surface area contributed by atoms with Gasteiger partial charge in [0.05, 0.1) is 16.3 Å². The molecule has 18 heavy (non-hydrogen) atoms. The summed E-state index contributed by atoms with van der Waals surface area (Å²) in [5, 5.41) is 9.94. The molecule has 2 nitrogen and oxygen atoms in total. The van der Waals surface area contributed by atoms with Crippen LogP contribution in [-0.2, 0) is 0 Å². The Labute approximate surface area is 114 Å². The van der Waals surface area contributed by atoms with Gasteiger partial charge < -0.3 is 5.32 Å². The van der Waals surface area contributed by atoms with Gasteiger partial charge in [0.2, 0.25) is 0 Å². The van der Waals surface area contributed by atoms with Crippen molar-refractivity contribution in [2.75, 3.05) is 6.54 Å². The van der Waals surface area contributed by atoms with Gasteiger partial charge in [-0.25, -0.2) is 0 Å². The minimum atomic E-state index is 0.250. The predicted molar refractivity (Wildman–Crippen MR) is 79.5 cm³/mol. The van der Waals surface area contributed by atoms with Gasteiger partial charge in [0, 0.05) is 6.20 Å². The van der Waals surface area contributed by atoms with Crippen molar-refractivity contribution in [1.82, 2.24) is 10.3 Å². The second kappa shape index (κ2) is 5.18. The summed E-state index contributed by atoms with van der Waals surface area (Å²) < 4.78 is 1.26. The first-order valence-corrected chi connectivity index (χ1v) is 7.79. The Morgan fingerprint density at radius 1 is 1.28 bits per heavy atom. The van der Waals surface area contributed by atoms with Crippen LogP contribution in [0.25, 0.3) is 10.2 Å². The van der Waals surface area contributed by atoms with E-state index in [4.69, 9.17) is 0 Å². The molecule has 3 aromatic heterocycles. The summed E-state index contributed by atoms with van der Waals surface area (Å²) in [5.74, 6) is 0. The lowest BCUT2D eigenvalue weighted by Crippen LogP contribution is -2.21. The van der Waals surface area contributed by atoms with Crippen molar-refractivity contribution in [2.45, 2.75) is 13.0 Å². The molecule has 1 atom stereocenters. The minimum Gasteiger partial charge on any atom is -0.306 e. The first kappa shape index (κ1) is 11.8. The maximum atomic E-state index is 4.53. The molecule has 3 rings (SSSR count). The molecule has 0 spiro atoms. The van der Waals surface area contributed by atoms with E-state index < -0.39 is 0 Å². The SMILES string of the molecule is CCNC(c1ccsc1)c1cnc2ccsc2c1. The van der Waals surface area contributed by atoms with Crippen molar-refractivity contribution in [1.29, 1.82) is 0 Å². The number of hydrogen-bond acceptors (Lipinski definition) is 4. The van der Waals surface area contributed by atoms with Gasteiger partial charge in [-0.3, -0.25) is 4.98 Å². The van der Waals surface area contributed by atoms with E-state index in [1.807, 2.05) is 6.20 Å². The van der Waals surface area contributed by atoms with Crippen molar-refractivity contribution in [3.05, 3.63) is 51.7 Å². The molecule has 0 radical (unpaired) electrons. The average molecular weight is 274 g/mol. The highest BCUT2D eigenvalue weighted by Gasteiger charge is 2.14. The number of rotatable bonds is 4. The molecular formula is C14H14N2S2. The van der Waals surface area contributed by atoms with E-state index in [0.29, 0.717) is 0 Å². The van der Waals surface area contributed by atoms with Crippen molar-refractivity contribution in [3.8, 4) is 0 Å². The Balaban J connectivity index is 2.03. The molecule has 0 fully saturated rings. The Kier molecular flexibility index (Phi) is 3.41. The Hall–Kier alpha value is -1.23. The third kappa shape index (κ3) is 2.19. The first-order chi connectivity index (χ1) is 8.88. The van der Waals surface area contributed by atoms with E-state index in [9.17, 15) is 0 Å². The van der Waals surface area contributed by atoms with E-state index in [1.54, 1.807) is 22.7 Å². The maximum Gasteiger partial charge on any atom is 0.0809 e. The fourth-order valence-electron chi connectivity index (χ4n) is 2.09. The van der Waals surface area contributed by atoms with Crippen LogP contribution in [0.3, 0.4) is 0 Å². The molecule has 1 unspecified atom stereocenters. The van der Waals surface area contributed by atoms with Crippen molar-refractivity contribution in [3.63, 3.8) is 0 Å². The van der Waals surface area contributed by atoms with Crippen LogP contribution in [0.4, 0.5) is 0 Å². The third-order valence-corrected chi connectivity index (χ3v) is 4.50. The average Bonchev–Trinajstić information content (AvgIpc) is 3.05. The van der Waals surface area contributed by atoms with Crippen LogP contribution >= 0.6 is 22.7 Å². The Bertz CT molecular complexity index is 628. The van der Waals surface area contributed by atoms with E-state index >= 15 is 0 Å². The quantitative estimate of drug-likeness (QED) is 0.776. The van der Waals surface area contributed by atoms with E-state index in [0.717, 1.165) is 12.1 Å². The molecule has 0 amide bonds. The number of fused-ring (bicyclic) bond motifs is 1. The molecule has 0 aliphatic rings. The molecule has 0 saturated carbocycles. The van der Waals surface area contributed by atoms with Crippen molar-refractivity contribution >= 4 is 32.9 Å². The smallest absolute Gasteiger partial charge is 0.0809 e. The zero-order valence-corrected chi connectivity index (χ0v) is 11.7. The summed E-state index contributed by atoms with van der Waals surface area (Å²) in [7, 11) is 0. The zero-order valence-electron chi connectivity index (χ0n) is 10.1. The molecule has 0 saturated heterocycles. The standard InChI is InChI=1S/C14H14N2S2/c1-2-15-14(10-3-5-17-9-10)11-7-13-12(16-8-11)4-6-18-13/h3-9,14-15H,2H2,1H3. The van der Waals surface area contributed by atoms with Crippen LogP contribution in [0.15, 0.2) is 40.5 Å². The van der Waals surface area contributed by atoms with Crippen molar-refractivity contribution < 1.29 is 0 Å². The highest BCUT2D eigenvalue weighted by molar-refractivity contribution is 7.17. The fraction of sp³-hybridized carbons (Fsp3) is 0.214.